The third-order valence-electron chi connectivity index (χ3n) is 3.97. The molecule has 2 aromatic carbocycles. The lowest BCUT2D eigenvalue weighted by Crippen LogP contribution is -2.34. The zero-order valence-electron chi connectivity index (χ0n) is 14.0. The second-order valence-electron chi connectivity index (χ2n) is 5.52. The number of halogens is 1. The molecule has 1 atom stereocenters. The number of thioether (sulfide) groups is 1. The van der Waals surface area contributed by atoms with Gasteiger partial charge in [0, 0.05) is 22.4 Å². The Bertz CT molecular complexity index is 785. The number of carbonyl (C=O) groups is 1. The highest BCUT2D eigenvalue weighted by Gasteiger charge is 2.24. The van der Waals surface area contributed by atoms with Gasteiger partial charge in [-0.15, -0.1) is 11.8 Å². The van der Waals surface area contributed by atoms with Crippen molar-refractivity contribution in [2.24, 2.45) is 0 Å². The van der Waals surface area contributed by atoms with Crippen LogP contribution in [0.25, 0.3) is 0 Å². The van der Waals surface area contributed by atoms with Crippen molar-refractivity contribution in [2.45, 2.75) is 17.4 Å². The van der Waals surface area contributed by atoms with Crippen molar-refractivity contribution in [2.75, 3.05) is 25.3 Å². The van der Waals surface area contributed by atoms with Crippen molar-refractivity contribution >= 4 is 23.5 Å². The van der Waals surface area contributed by atoms with Crippen LogP contribution in [0.4, 0.5) is 14.9 Å². The van der Waals surface area contributed by atoms with Crippen LogP contribution in [0.1, 0.15) is 18.0 Å². The fraction of sp³-hybridized carbons (Fsp3) is 0.278. The first-order valence-corrected chi connectivity index (χ1v) is 8.81. The van der Waals surface area contributed by atoms with Gasteiger partial charge >= 0.3 is 6.03 Å². The van der Waals surface area contributed by atoms with E-state index in [-0.39, 0.29) is 17.9 Å². The maximum atomic E-state index is 13.9. The summed E-state index contributed by atoms with van der Waals surface area (Å²) in [5.74, 6) is 1.63. The molecule has 2 aromatic rings. The van der Waals surface area contributed by atoms with E-state index in [1.54, 1.807) is 31.4 Å². The Morgan fingerprint density at radius 3 is 2.76 bits per heavy atom. The van der Waals surface area contributed by atoms with E-state index in [4.69, 9.17) is 9.47 Å². The Labute approximate surface area is 149 Å². The van der Waals surface area contributed by atoms with Crippen LogP contribution in [-0.2, 0) is 0 Å². The van der Waals surface area contributed by atoms with Gasteiger partial charge in [0.2, 0.25) is 0 Å². The third-order valence-corrected chi connectivity index (χ3v) is 5.13. The molecular formula is C18H19FN2O3S. The second-order valence-corrected chi connectivity index (χ2v) is 6.62. The Hall–Kier alpha value is -2.41. The zero-order valence-corrected chi connectivity index (χ0v) is 14.8. The minimum absolute atomic E-state index is 0.216. The van der Waals surface area contributed by atoms with Gasteiger partial charge in [-0.3, -0.25) is 0 Å². The number of methoxy groups -OCH3 is 2. The quantitative estimate of drug-likeness (QED) is 0.856. The van der Waals surface area contributed by atoms with Crippen molar-refractivity contribution in [1.82, 2.24) is 5.32 Å². The number of hydrogen-bond donors (Lipinski definition) is 2. The molecule has 0 aromatic heterocycles. The summed E-state index contributed by atoms with van der Waals surface area (Å²) in [6.45, 7) is 0. The number of rotatable bonds is 4. The van der Waals surface area contributed by atoms with E-state index < -0.39 is 0 Å². The number of amides is 2. The van der Waals surface area contributed by atoms with Crippen molar-refractivity contribution < 1.29 is 18.7 Å². The minimum atomic E-state index is -0.348. The fourth-order valence-corrected chi connectivity index (χ4v) is 3.92. The number of ether oxygens (including phenoxy) is 2. The fourth-order valence-electron chi connectivity index (χ4n) is 2.78. The third kappa shape index (κ3) is 3.82. The molecule has 0 saturated heterocycles. The van der Waals surface area contributed by atoms with Gasteiger partial charge in [-0.1, -0.05) is 12.1 Å². The SMILES string of the molecule is COc1ccc(NC(=O)NC2CCSc3c(F)cccc32)cc1OC. The molecule has 0 saturated carbocycles. The molecule has 0 bridgehead atoms. The van der Waals surface area contributed by atoms with Crippen LogP contribution in [0.2, 0.25) is 0 Å². The number of fused-ring (bicyclic) bond motifs is 1. The van der Waals surface area contributed by atoms with Crippen LogP contribution in [-0.4, -0.2) is 26.0 Å². The molecule has 2 amide bonds. The van der Waals surface area contributed by atoms with Crippen LogP contribution >= 0.6 is 11.8 Å². The Morgan fingerprint density at radius 1 is 1.20 bits per heavy atom. The summed E-state index contributed by atoms with van der Waals surface area (Å²) in [5.41, 5.74) is 1.40. The molecule has 0 spiro atoms. The first-order chi connectivity index (χ1) is 12.1. The molecular weight excluding hydrogens is 343 g/mol. The van der Waals surface area contributed by atoms with Crippen LogP contribution in [0, 0.1) is 5.82 Å². The van der Waals surface area contributed by atoms with Crippen molar-refractivity contribution in [3.8, 4) is 11.5 Å². The molecule has 0 radical (unpaired) electrons. The maximum absolute atomic E-state index is 13.9. The number of anilines is 1. The van der Waals surface area contributed by atoms with Crippen molar-refractivity contribution in [1.29, 1.82) is 0 Å². The molecule has 1 aliphatic heterocycles. The molecule has 7 heteroatoms. The second kappa shape index (κ2) is 7.65. The number of nitrogens with one attached hydrogen (secondary N) is 2. The van der Waals surface area contributed by atoms with E-state index in [0.29, 0.717) is 22.1 Å². The van der Waals surface area contributed by atoms with Crippen LogP contribution in [0.15, 0.2) is 41.3 Å². The number of urea groups is 1. The summed E-state index contributed by atoms with van der Waals surface area (Å²) in [4.78, 5) is 13.0. The highest BCUT2D eigenvalue weighted by molar-refractivity contribution is 7.99. The Kier molecular flexibility index (Phi) is 5.33. The van der Waals surface area contributed by atoms with Crippen LogP contribution < -0.4 is 20.1 Å². The standard InChI is InChI=1S/C18H19FN2O3S/c1-23-15-7-6-11(10-16(15)24-2)20-18(22)21-14-8-9-25-17-12(14)4-3-5-13(17)19/h3-7,10,14H,8-9H2,1-2H3,(H2,20,21,22). The average molecular weight is 362 g/mol. The lowest BCUT2D eigenvalue weighted by Gasteiger charge is -2.26. The summed E-state index contributed by atoms with van der Waals surface area (Å²) in [6, 6.07) is 9.53. The lowest BCUT2D eigenvalue weighted by molar-refractivity contribution is 0.248. The highest BCUT2D eigenvalue weighted by Crippen LogP contribution is 2.37. The van der Waals surface area contributed by atoms with E-state index >= 15 is 0 Å². The summed E-state index contributed by atoms with van der Waals surface area (Å²) in [5, 5.41) is 5.69. The molecule has 1 aliphatic rings. The predicted molar refractivity (Wildman–Crippen MR) is 96.2 cm³/mol. The van der Waals surface area contributed by atoms with E-state index in [0.717, 1.165) is 17.7 Å². The zero-order chi connectivity index (χ0) is 17.8. The normalized spacial score (nSPS) is 15.9. The number of carbonyl (C=O) groups excluding carboxylic acids is 1. The minimum Gasteiger partial charge on any atom is -0.493 e. The largest absolute Gasteiger partial charge is 0.493 e. The lowest BCUT2D eigenvalue weighted by atomic mass is 10.0. The maximum Gasteiger partial charge on any atom is 0.319 e. The van der Waals surface area contributed by atoms with Gasteiger partial charge in [-0.05, 0) is 30.2 Å². The van der Waals surface area contributed by atoms with E-state index in [1.807, 2.05) is 6.07 Å². The smallest absolute Gasteiger partial charge is 0.319 e. The summed E-state index contributed by atoms with van der Waals surface area (Å²) in [7, 11) is 3.09. The summed E-state index contributed by atoms with van der Waals surface area (Å²) in [6.07, 6.45) is 0.750. The van der Waals surface area contributed by atoms with Gasteiger partial charge in [-0.25, -0.2) is 9.18 Å². The van der Waals surface area contributed by atoms with Gasteiger partial charge in [0.25, 0.3) is 0 Å². The first kappa shape index (κ1) is 17.4. The van der Waals surface area contributed by atoms with Gasteiger partial charge in [0.15, 0.2) is 11.5 Å². The summed E-state index contributed by atoms with van der Waals surface area (Å²) < 4.78 is 24.3. The van der Waals surface area contributed by atoms with Crippen molar-refractivity contribution in [3.63, 3.8) is 0 Å². The molecule has 1 heterocycles. The van der Waals surface area contributed by atoms with E-state index in [1.165, 1.54) is 24.9 Å². The highest BCUT2D eigenvalue weighted by atomic mass is 32.2. The van der Waals surface area contributed by atoms with Crippen molar-refractivity contribution in [3.05, 3.63) is 47.8 Å². The molecule has 25 heavy (non-hydrogen) atoms. The molecule has 5 nitrogen and oxygen atoms in total. The average Bonchev–Trinajstić information content (AvgIpc) is 2.62. The molecule has 2 N–H and O–H groups in total. The topological polar surface area (TPSA) is 59.6 Å². The van der Waals surface area contributed by atoms with Gasteiger partial charge < -0.3 is 20.1 Å². The Morgan fingerprint density at radius 2 is 2.00 bits per heavy atom. The molecule has 0 aliphatic carbocycles. The van der Waals surface area contributed by atoms with E-state index in [9.17, 15) is 9.18 Å². The number of hydrogen-bond acceptors (Lipinski definition) is 4. The Balaban J connectivity index is 1.71. The van der Waals surface area contributed by atoms with Crippen LogP contribution in [0.5, 0.6) is 11.5 Å². The predicted octanol–water partition coefficient (Wildman–Crippen LogP) is 4.20. The molecule has 1 unspecified atom stereocenters. The monoisotopic (exact) mass is 362 g/mol. The number of benzene rings is 2. The molecule has 3 rings (SSSR count). The van der Waals surface area contributed by atoms with Gasteiger partial charge in [0.05, 0.1) is 20.3 Å². The van der Waals surface area contributed by atoms with Gasteiger partial charge in [-0.2, -0.15) is 0 Å². The van der Waals surface area contributed by atoms with E-state index in [2.05, 4.69) is 10.6 Å². The molecule has 132 valence electrons. The van der Waals surface area contributed by atoms with Gasteiger partial charge in [0.1, 0.15) is 5.82 Å². The van der Waals surface area contributed by atoms with Crippen LogP contribution in [0.3, 0.4) is 0 Å². The first-order valence-electron chi connectivity index (χ1n) is 7.83. The summed E-state index contributed by atoms with van der Waals surface area (Å²) >= 11 is 1.48. The molecule has 0 fully saturated rings.